The molecule has 5 aromatic carbocycles. The maximum atomic E-state index is 13.1. The number of carbonyl (C=O) groups excluding carboxylic acids is 1. The van der Waals surface area contributed by atoms with E-state index in [2.05, 4.69) is 29.2 Å². The van der Waals surface area contributed by atoms with E-state index in [-0.39, 0.29) is 17.1 Å². The number of phenols is 1. The first-order chi connectivity index (χ1) is 18.2. The third-order valence-corrected chi connectivity index (χ3v) is 6.39. The van der Waals surface area contributed by atoms with Crippen molar-refractivity contribution < 1.29 is 19.4 Å². The Morgan fingerprint density at radius 1 is 0.541 bits per heavy atom. The van der Waals surface area contributed by atoms with Crippen molar-refractivity contribution in [3.05, 3.63) is 150 Å². The number of phenolic OH excluding ortho intramolecular Hbond substituents is 1. The molecule has 0 spiro atoms. The maximum absolute atomic E-state index is 13.1. The molecule has 5 aromatic rings. The third-order valence-electron chi connectivity index (χ3n) is 6.39. The molecule has 0 aromatic heterocycles. The number of aromatic hydroxyl groups is 1. The molecule has 0 radical (unpaired) electrons. The number of benzene rings is 5. The van der Waals surface area contributed by atoms with E-state index in [4.69, 9.17) is 9.47 Å². The average Bonchev–Trinajstić information content (AvgIpc) is 2.95. The van der Waals surface area contributed by atoms with E-state index in [0.29, 0.717) is 11.1 Å². The smallest absolute Gasteiger partial charge is 0.349 e. The highest BCUT2D eigenvalue weighted by Gasteiger charge is 2.47. The van der Waals surface area contributed by atoms with Crippen LogP contribution in [0.25, 0.3) is 0 Å². The van der Waals surface area contributed by atoms with E-state index in [1.165, 1.54) is 6.07 Å². The van der Waals surface area contributed by atoms with Crippen molar-refractivity contribution in [2.75, 3.05) is 4.90 Å². The van der Waals surface area contributed by atoms with E-state index >= 15 is 0 Å². The molecular formula is C32H23NO4. The molecule has 180 valence electrons. The van der Waals surface area contributed by atoms with Crippen LogP contribution in [0, 0.1) is 0 Å². The number of carbonyl (C=O) groups is 1. The molecule has 1 heterocycles. The number of fused-ring (bicyclic) bond motifs is 1. The monoisotopic (exact) mass is 485 g/mol. The number of rotatable bonds is 5. The van der Waals surface area contributed by atoms with Gasteiger partial charge in [0.2, 0.25) is 0 Å². The molecular weight excluding hydrogens is 462 g/mol. The zero-order chi connectivity index (χ0) is 25.2. The summed E-state index contributed by atoms with van der Waals surface area (Å²) >= 11 is 0. The van der Waals surface area contributed by atoms with E-state index in [9.17, 15) is 9.90 Å². The fourth-order valence-corrected chi connectivity index (χ4v) is 4.66. The molecule has 0 saturated carbocycles. The fraction of sp³-hybridized carbons (Fsp3) is 0.0312. The minimum atomic E-state index is -1.51. The first-order valence-corrected chi connectivity index (χ1v) is 12.0. The van der Waals surface area contributed by atoms with Crippen LogP contribution in [0.3, 0.4) is 0 Å². The molecule has 1 aliphatic heterocycles. The largest absolute Gasteiger partial charge is 0.507 e. The van der Waals surface area contributed by atoms with Crippen molar-refractivity contribution in [2.24, 2.45) is 0 Å². The summed E-state index contributed by atoms with van der Waals surface area (Å²) in [6.07, 6.45) is 0. The van der Waals surface area contributed by atoms with E-state index in [0.717, 1.165) is 17.1 Å². The van der Waals surface area contributed by atoms with Crippen molar-refractivity contribution in [3.8, 4) is 11.5 Å². The van der Waals surface area contributed by atoms with Gasteiger partial charge in [0.15, 0.2) is 0 Å². The Balaban J connectivity index is 1.47. The Hall–Kier alpha value is -5.03. The lowest BCUT2D eigenvalue weighted by Gasteiger charge is -2.38. The predicted molar refractivity (Wildman–Crippen MR) is 142 cm³/mol. The molecule has 37 heavy (non-hydrogen) atoms. The normalized spacial score (nSPS) is 16.3. The summed E-state index contributed by atoms with van der Waals surface area (Å²) in [7, 11) is 0. The van der Waals surface area contributed by atoms with E-state index in [1.54, 1.807) is 12.1 Å². The van der Waals surface area contributed by atoms with Crippen LogP contribution < -0.4 is 9.64 Å². The Morgan fingerprint density at radius 3 is 1.65 bits per heavy atom. The number of para-hydroxylation sites is 2. The van der Waals surface area contributed by atoms with Gasteiger partial charge in [-0.05, 0) is 60.7 Å². The van der Waals surface area contributed by atoms with Crippen LogP contribution in [0.4, 0.5) is 17.1 Å². The van der Waals surface area contributed by atoms with E-state index < -0.39 is 11.8 Å². The zero-order valence-corrected chi connectivity index (χ0v) is 19.8. The van der Waals surface area contributed by atoms with Crippen LogP contribution in [0.1, 0.15) is 21.5 Å². The van der Waals surface area contributed by atoms with Gasteiger partial charge in [0.25, 0.3) is 0 Å². The Kier molecular flexibility index (Phi) is 5.58. The van der Waals surface area contributed by atoms with Crippen molar-refractivity contribution in [3.63, 3.8) is 0 Å². The van der Waals surface area contributed by atoms with Gasteiger partial charge in [0.05, 0.1) is 0 Å². The molecule has 0 amide bonds. The van der Waals surface area contributed by atoms with Gasteiger partial charge in [0.1, 0.15) is 17.1 Å². The van der Waals surface area contributed by atoms with Crippen molar-refractivity contribution >= 4 is 23.0 Å². The second-order valence-corrected chi connectivity index (χ2v) is 8.68. The van der Waals surface area contributed by atoms with Crippen molar-refractivity contribution in [1.29, 1.82) is 0 Å². The number of anilines is 3. The van der Waals surface area contributed by atoms with Gasteiger partial charge < -0.3 is 19.5 Å². The number of nitrogens with zero attached hydrogens (tertiary/aromatic N) is 1. The van der Waals surface area contributed by atoms with Crippen LogP contribution >= 0.6 is 0 Å². The van der Waals surface area contributed by atoms with Gasteiger partial charge >= 0.3 is 11.8 Å². The van der Waals surface area contributed by atoms with Gasteiger partial charge in [-0.25, -0.2) is 4.79 Å². The highest BCUT2D eigenvalue weighted by molar-refractivity contribution is 5.97. The number of cyclic esters (lactones) is 1. The van der Waals surface area contributed by atoms with Crippen LogP contribution in [-0.4, -0.2) is 11.1 Å². The molecule has 0 fully saturated rings. The summed E-state index contributed by atoms with van der Waals surface area (Å²) in [6, 6.07) is 42.1. The van der Waals surface area contributed by atoms with Gasteiger partial charge in [-0.15, -0.1) is 0 Å². The summed E-state index contributed by atoms with van der Waals surface area (Å²) in [5.74, 6) is -2.08. The molecule has 0 bridgehead atoms. The van der Waals surface area contributed by atoms with Gasteiger partial charge in [0, 0.05) is 28.2 Å². The lowest BCUT2D eigenvalue weighted by molar-refractivity contribution is -0.131. The zero-order valence-electron chi connectivity index (χ0n) is 19.8. The number of hydrogen-bond acceptors (Lipinski definition) is 5. The second-order valence-electron chi connectivity index (χ2n) is 8.68. The summed E-state index contributed by atoms with van der Waals surface area (Å²) in [6.45, 7) is 0. The molecule has 1 atom stereocenters. The molecule has 1 unspecified atom stereocenters. The lowest BCUT2D eigenvalue weighted by atomic mass is 9.95. The standard InChI is InChI=1S/C32H23NO4/c34-28-17-10-18-29-30(28)31(35)37-32(36-29,23-11-4-1-5-12-23)24-19-21-27(22-20-24)33(25-13-6-2-7-14-25)26-15-8-3-9-16-26/h1-22,34H. The molecule has 1 N–H and O–H groups in total. The average molecular weight is 486 g/mol. The molecule has 0 saturated heterocycles. The van der Waals surface area contributed by atoms with Gasteiger partial charge in [-0.3, -0.25) is 0 Å². The van der Waals surface area contributed by atoms with Gasteiger partial charge in [-0.2, -0.15) is 0 Å². The molecule has 0 aliphatic carbocycles. The van der Waals surface area contributed by atoms with Gasteiger partial charge in [-0.1, -0.05) is 72.8 Å². The Morgan fingerprint density at radius 2 is 1.05 bits per heavy atom. The summed E-state index contributed by atoms with van der Waals surface area (Å²) in [5.41, 5.74) is 4.29. The first kappa shape index (κ1) is 22.4. The summed E-state index contributed by atoms with van der Waals surface area (Å²) in [5, 5.41) is 10.3. The molecule has 1 aliphatic rings. The second kappa shape index (κ2) is 9.21. The molecule has 5 heteroatoms. The van der Waals surface area contributed by atoms with Crippen molar-refractivity contribution in [1.82, 2.24) is 0 Å². The van der Waals surface area contributed by atoms with Crippen LogP contribution in [-0.2, 0) is 10.5 Å². The maximum Gasteiger partial charge on any atom is 0.349 e. The van der Waals surface area contributed by atoms with Crippen molar-refractivity contribution in [2.45, 2.75) is 5.79 Å². The van der Waals surface area contributed by atoms with E-state index in [1.807, 2.05) is 91.0 Å². The molecule has 6 rings (SSSR count). The third kappa shape index (κ3) is 3.96. The quantitative estimate of drug-likeness (QED) is 0.265. The lowest BCUT2D eigenvalue weighted by Crippen LogP contribution is -2.43. The first-order valence-electron chi connectivity index (χ1n) is 12.0. The minimum Gasteiger partial charge on any atom is -0.507 e. The number of esters is 1. The van der Waals surface area contributed by atoms with Crippen LogP contribution in [0.5, 0.6) is 11.5 Å². The molecule has 5 nitrogen and oxygen atoms in total. The van der Waals surface area contributed by atoms with Crippen LogP contribution in [0.15, 0.2) is 133 Å². The number of hydrogen-bond donors (Lipinski definition) is 1. The number of ether oxygens (including phenoxy) is 2. The Labute approximate surface area is 214 Å². The highest BCUT2D eigenvalue weighted by atomic mass is 16.7. The SMILES string of the molecule is O=C1OC(c2ccccc2)(c2ccc(N(c3ccccc3)c3ccccc3)cc2)Oc2cccc(O)c21. The minimum absolute atomic E-state index is 0.0185. The van der Waals surface area contributed by atoms with Crippen LogP contribution in [0.2, 0.25) is 0 Å². The fourth-order valence-electron chi connectivity index (χ4n) is 4.66. The summed E-state index contributed by atoms with van der Waals surface area (Å²) < 4.78 is 12.4. The summed E-state index contributed by atoms with van der Waals surface area (Å²) in [4.78, 5) is 15.3. The highest BCUT2D eigenvalue weighted by Crippen LogP contribution is 2.45. The predicted octanol–water partition coefficient (Wildman–Crippen LogP) is 7.31. The Bertz CT molecular complexity index is 1500. The topological polar surface area (TPSA) is 59.0 Å².